The van der Waals surface area contributed by atoms with Crippen LogP contribution in [0.3, 0.4) is 0 Å². The summed E-state index contributed by atoms with van der Waals surface area (Å²) in [6.07, 6.45) is 11.4. The second kappa shape index (κ2) is 7.29. The zero-order chi connectivity index (χ0) is 17.6. The highest BCUT2D eigenvalue weighted by atomic mass is 32.2. The summed E-state index contributed by atoms with van der Waals surface area (Å²) in [7, 11) is 0. The average Bonchev–Trinajstić information content (AvgIpc) is 3.42. The van der Waals surface area contributed by atoms with Crippen molar-refractivity contribution in [3.05, 3.63) is 0 Å². The molecule has 4 atom stereocenters. The van der Waals surface area contributed by atoms with Crippen molar-refractivity contribution in [1.82, 2.24) is 10.2 Å². The monoisotopic (exact) mass is 378 g/mol. The molecular weight excluding hydrogens is 344 g/mol. The van der Waals surface area contributed by atoms with Crippen molar-refractivity contribution in [3.8, 4) is 0 Å². The van der Waals surface area contributed by atoms with E-state index in [0.29, 0.717) is 23.9 Å². The van der Waals surface area contributed by atoms with E-state index in [-0.39, 0.29) is 11.5 Å². The standard InChI is InChI=1S/C21H34N2O2S/c24-20(11-15-3-1-2-4-15)22-12-17-18-13-23(16-6-9-26-10-7-16)14-21(18)8-5-19(17)25-21/h15-19H,1-14H2,(H,22,24)/t17-,18+,19+,21+/m0/s1. The molecule has 5 aliphatic rings. The molecule has 0 radical (unpaired) electrons. The molecule has 146 valence electrons. The number of ether oxygens (including phenoxy) is 1. The number of thioether (sulfide) groups is 1. The summed E-state index contributed by atoms with van der Waals surface area (Å²) in [5.74, 6) is 4.75. The van der Waals surface area contributed by atoms with Gasteiger partial charge in [-0.15, -0.1) is 0 Å². The normalized spacial score (nSPS) is 41.0. The number of fused-ring (bicyclic) bond motifs is 1. The lowest BCUT2D eigenvalue weighted by molar-refractivity contribution is -0.122. The van der Waals surface area contributed by atoms with Gasteiger partial charge >= 0.3 is 0 Å². The summed E-state index contributed by atoms with van der Waals surface area (Å²) in [6, 6.07) is 0.775. The fourth-order valence-electron chi connectivity index (χ4n) is 6.61. The molecule has 2 bridgehead atoms. The molecule has 0 aromatic heterocycles. The summed E-state index contributed by atoms with van der Waals surface area (Å²) in [4.78, 5) is 15.1. The maximum absolute atomic E-state index is 12.4. The molecule has 0 unspecified atom stereocenters. The van der Waals surface area contributed by atoms with Crippen molar-refractivity contribution in [2.24, 2.45) is 17.8 Å². The van der Waals surface area contributed by atoms with Crippen molar-refractivity contribution in [3.63, 3.8) is 0 Å². The van der Waals surface area contributed by atoms with E-state index in [0.717, 1.165) is 25.6 Å². The first-order chi connectivity index (χ1) is 12.7. The Bertz CT molecular complexity index is 532. The topological polar surface area (TPSA) is 41.6 Å². The van der Waals surface area contributed by atoms with Gasteiger partial charge in [0.2, 0.25) is 5.91 Å². The van der Waals surface area contributed by atoms with E-state index in [4.69, 9.17) is 4.74 Å². The van der Waals surface area contributed by atoms with Gasteiger partial charge in [0, 0.05) is 43.9 Å². The fourth-order valence-corrected chi connectivity index (χ4v) is 7.69. The molecule has 0 aromatic rings. The van der Waals surface area contributed by atoms with E-state index in [2.05, 4.69) is 22.0 Å². The van der Waals surface area contributed by atoms with Crippen molar-refractivity contribution >= 4 is 17.7 Å². The summed E-state index contributed by atoms with van der Waals surface area (Å²) in [5, 5.41) is 3.30. The van der Waals surface area contributed by atoms with Crippen molar-refractivity contribution in [2.45, 2.75) is 75.5 Å². The van der Waals surface area contributed by atoms with E-state index in [9.17, 15) is 4.79 Å². The molecule has 4 saturated heterocycles. The Labute approximate surface area is 162 Å². The van der Waals surface area contributed by atoms with Crippen LogP contribution in [0.5, 0.6) is 0 Å². The Hall–Kier alpha value is -0.260. The number of likely N-dealkylation sites (tertiary alicyclic amines) is 1. The second-order valence-corrected chi connectivity index (χ2v) is 10.7. The van der Waals surface area contributed by atoms with Crippen molar-refractivity contribution < 1.29 is 9.53 Å². The van der Waals surface area contributed by atoms with Gasteiger partial charge in [-0.1, -0.05) is 12.8 Å². The molecule has 1 amide bonds. The molecule has 5 fully saturated rings. The lowest BCUT2D eigenvalue weighted by Gasteiger charge is -2.32. The van der Waals surface area contributed by atoms with E-state index >= 15 is 0 Å². The number of nitrogens with one attached hydrogen (secondary N) is 1. The molecule has 1 saturated carbocycles. The predicted octanol–water partition coefficient (Wildman–Crippen LogP) is 3.06. The van der Waals surface area contributed by atoms with Gasteiger partial charge in [-0.2, -0.15) is 11.8 Å². The number of carbonyl (C=O) groups is 1. The molecule has 4 heterocycles. The zero-order valence-corrected chi connectivity index (χ0v) is 16.8. The number of carbonyl (C=O) groups excluding carboxylic acids is 1. The number of amides is 1. The molecule has 5 rings (SSSR count). The molecule has 1 N–H and O–H groups in total. The van der Waals surface area contributed by atoms with Gasteiger partial charge in [0.1, 0.15) is 0 Å². The fraction of sp³-hybridized carbons (Fsp3) is 0.952. The lowest BCUT2D eigenvalue weighted by Crippen LogP contribution is -2.42. The molecular formula is C21H34N2O2S. The second-order valence-electron chi connectivity index (χ2n) is 9.46. The molecule has 26 heavy (non-hydrogen) atoms. The highest BCUT2D eigenvalue weighted by molar-refractivity contribution is 7.99. The lowest BCUT2D eigenvalue weighted by atomic mass is 9.73. The van der Waals surface area contributed by atoms with Crippen LogP contribution in [0.1, 0.15) is 57.8 Å². The minimum Gasteiger partial charge on any atom is -0.370 e. The van der Waals surface area contributed by atoms with Crippen LogP contribution in [0, 0.1) is 17.8 Å². The van der Waals surface area contributed by atoms with E-state index < -0.39 is 0 Å². The number of rotatable bonds is 5. The maximum Gasteiger partial charge on any atom is 0.220 e. The molecule has 1 aliphatic carbocycles. The first-order valence-electron chi connectivity index (χ1n) is 11.0. The van der Waals surface area contributed by atoms with Gasteiger partial charge in [-0.25, -0.2) is 0 Å². The summed E-state index contributed by atoms with van der Waals surface area (Å²) in [5.41, 5.74) is 0.121. The van der Waals surface area contributed by atoms with Crippen molar-refractivity contribution in [1.29, 1.82) is 0 Å². The van der Waals surface area contributed by atoms with Gasteiger partial charge in [0.15, 0.2) is 0 Å². The largest absolute Gasteiger partial charge is 0.370 e. The first kappa shape index (κ1) is 17.8. The molecule has 5 heteroatoms. The van der Waals surface area contributed by atoms with Gasteiger partial charge in [-0.05, 0) is 55.9 Å². The van der Waals surface area contributed by atoms with Crippen LogP contribution in [-0.4, -0.2) is 59.7 Å². The smallest absolute Gasteiger partial charge is 0.220 e. The predicted molar refractivity (Wildman–Crippen MR) is 105 cm³/mol. The van der Waals surface area contributed by atoms with Crippen LogP contribution in [0.25, 0.3) is 0 Å². The molecule has 4 aliphatic heterocycles. The summed E-state index contributed by atoms with van der Waals surface area (Å²) < 4.78 is 6.59. The third-order valence-electron chi connectivity index (χ3n) is 8.00. The number of nitrogens with zero attached hydrogens (tertiary/aromatic N) is 1. The number of hydrogen-bond acceptors (Lipinski definition) is 4. The van der Waals surface area contributed by atoms with Crippen LogP contribution >= 0.6 is 11.8 Å². The van der Waals surface area contributed by atoms with Crippen LogP contribution in [0.15, 0.2) is 0 Å². The Kier molecular flexibility index (Phi) is 4.99. The zero-order valence-electron chi connectivity index (χ0n) is 16.0. The van der Waals surface area contributed by atoms with Crippen LogP contribution < -0.4 is 5.32 Å². The van der Waals surface area contributed by atoms with Crippen molar-refractivity contribution in [2.75, 3.05) is 31.1 Å². The highest BCUT2D eigenvalue weighted by Crippen LogP contribution is 2.55. The van der Waals surface area contributed by atoms with Gasteiger partial charge in [-0.3, -0.25) is 9.69 Å². The van der Waals surface area contributed by atoms with Gasteiger partial charge in [0.25, 0.3) is 0 Å². The summed E-state index contributed by atoms with van der Waals surface area (Å²) in [6.45, 7) is 3.20. The van der Waals surface area contributed by atoms with E-state index in [1.165, 1.54) is 69.4 Å². The highest BCUT2D eigenvalue weighted by Gasteiger charge is 2.63. The Morgan fingerprint density at radius 1 is 1.15 bits per heavy atom. The Morgan fingerprint density at radius 3 is 2.77 bits per heavy atom. The molecule has 0 aromatic carbocycles. The van der Waals surface area contributed by atoms with Gasteiger partial charge in [0.05, 0.1) is 11.7 Å². The Morgan fingerprint density at radius 2 is 1.96 bits per heavy atom. The third-order valence-corrected chi connectivity index (χ3v) is 9.05. The Balaban J connectivity index is 1.18. The minimum absolute atomic E-state index is 0.121. The van der Waals surface area contributed by atoms with E-state index in [1.807, 2.05) is 0 Å². The molecule has 4 nitrogen and oxygen atoms in total. The SMILES string of the molecule is O=C(CC1CCCC1)NC[C@H]1[C@H]2CN(C3CCSCC3)C[C@]23CC[C@H]1O3. The maximum atomic E-state index is 12.4. The first-order valence-corrected chi connectivity index (χ1v) is 12.2. The van der Waals surface area contributed by atoms with Crippen LogP contribution in [0.4, 0.5) is 0 Å². The average molecular weight is 379 g/mol. The summed E-state index contributed by atoms with van der Waals surface area (Å²) >= 11 is 2.11. The van der Waals surface area contributed by atoms with Crippen LogP contribution in [0.2, 0.25) is 0 Å². The van der Waals surface area contributed by atoms with Gasteiger partial charge < -0.3 is 10.1 Å². The van der Waals surface area contributed by atoms with Crippen LogP contribution in [-0.2, 0) is 9.53 Å². The minimum atomic E-state index is 0.121. The quantitative estimate of drug-likeness (QED) is 0.798. The third kappa shape index (κ3) is 3.22. The van der Waals surface area contributed by atoms with E-state index in [1.54, 1.807) is 0 Å². The number of hydrogen-bond donors (Lipinski definition) is 1. The molecule has 1 spiro atoms.